The van der Waals surface area contributed by atoms with Gasteiger partial charge in [0.05, 0.1) is 0 Å². The van der Waals surface area contributed by atoms with Gasteiger partial charge in [0.15, 0.2) is 0 Å². The zero-order valence-corrected chi connectivity index (χ0v) is 23.5. The molecule has 0 aromatic heterocycles. The van der Waals surface area contributed by atoms with Crippen LogP contribution in [0.5, 0.6) is 0 Å². The summed E-state index contributed by atoms with van der Waals surface area (Å²) in [6.45, 7) is 1.70. The fourth-order valence-corrected chi connectivity index (χ4v) is 7.17. The van der Waals surface area contributed by atoms with E-state index in [2.05, 4.69) is 109 Å². The first-order valence-corrected chi connectivity index (χ1v) is 15.2. The molecule has 1 nitrogen and oxygen atoms in total. The Morgan fingerprint density at radius 3 is 1.15 bits per heavy atom. The molecular formula is C40H34O. The van der Waals surface area contributed by atoms with Gasteiger partial charge in [0.2, 0.25) is 0 Å². The van der Waals surface area contributed by atoms with Gasteiger partial charge < -0.3 is 4.74 Å². The lowest BCUT2D eigenvalue weighted by Crippen LogP contribution is -1.99. The number of hydrogen-bond acceptors (Lipinski definition) is 1. The van der Waals surface area contributed by atoms with E-state index in [-0.39, 0.29) is 0 Å². The predicted octanol–water partition coefficient (Wildman–Crippen LogP) is 10.8. The largest absolute Gasteiger partial charge is 0.381 e. The molecule has 0 aliphatic rings. The molecule has 200 valence electrons. The van der Waals surface area contributed by atoms with Crippen molar-refractivity contribution in [3.05, 3.63) is 120 Å². The summed E-state index contributed by atoms with van der Waals surface area (Å²) in [4.78, 5) is 0. The summed E-state index contributed by atoms with van der Waals surface area (Å²) >= 11 is 0. The molecule has 0 amide bonds. The molecule has 0 atom stereocenters. The van der Waals surface area contributed by atoms with Gasteiger partial charge in [-0.3, -0.25) is 0 Å². The number of benzene rings is 8. The van der Waals surface area contributed by atoms with Gasteiger partial charge in [-0.15, -0.1) is 0 Å². The van der Waals surface area contributed by atoms with Crippen LogP contribution in [-0.4, -0.2) is 13.2 Å². The Morgan fingerprint density at radius 1 is 0.341 bits per heavy atom. The first kappa shape index (κ1) is 24.6. The van der Waals surface area contributed by atoms with Gasteiger partial charge in [0.1, 0.15) is 0 Å². The number of hydrogen-bond donors (Lipinski definition) is 0. The Balaban J connectivity index is 0.849. The molecule has 8 aromatic carbocycles. The van der Waals surface area contributed by atoms with E-state index in [1.807, 2.05) is 0 Å². The van der Waals surface area contributed by atoms with Gasteiger partial charge in [0, 0.05) is 13.2 Å². The lowest BCUT2D eigenvalue weighted by atomic mass is 9.90. The van der Waals surface area contributed by atoms with Crippen LogP contribution in [0.2, 0.25) is 0 Å². The van der Waals surface area contributed by atoms with Gasteiger partial charge in [-0.25, -0.2) is 0 Å². The second-order valence-electron chi connectivity index (χ2n) is 11.7. The molecule has 0 fully saturated rings. The fourth-order valence-electron chi connectivity index (χ4n) is 7.17. The predicted molar refractivity (Wildman–Crippen MR) is 177 cm³/mol. The SMILES string of the molecule is c1cc2ccc3ccc(CCCCOCCCCc4ccc5ccc6cccc7ccc4c5c67)c4ccc(c1)c2c34. The van der Waals surface area contributed by atoms with E-state index in [1.165, 1.54) is 75.8 Å². The Morgan fingerprint density at radius 2 is 0.707 bits per heavy atom. The van der Waals surface area contributed by atoms with Crippen molar-refractivity contribution in [3.8, 4) is 0 Å². The van der Waals surface area contributed by atoms with Crippen molar-refractivity contribution >= 4 is 64.6 Å². The Hall–Kier alpha value is -4.20. The first-order chi connectivity index (χ1) is 20.3. The molecule has 8 rings (SSSR count). The van der Waals surface area contributed by atoms with E-state index < -0.39 is 0 Å². The van der Waals surface area contributed by atoms with Crippen molar-refractivity contribution in [1.82, 2.24) is 0 Å². The lowest BCUT2D eigenvalue weighted by Gasteiger charge is -2.14. The summed E-state index contributed by atoms with van der Waals surface area (Å²) in [6, 6.07) is 40.8. The fraction of sp³-hybridized carbons (Fsp3) is 0.200. The maximum Gasteiger partial charge on any atom is 0.0466 e. The number of rotatable bonds is 10. The summed E-state index contributed by atoms with van der Waals surface area (Å²) in [5.41, 5.74) is 2.92. The molecule has 0 saturated heterocycles. The third-order valence-electron chi connectivity index (χ3n) is 9.21. The van der Waals surface area contributed by atoms with Crippen LogP contribution in [0.15, 0.2) is 109 Å². The van der Waals surface area contributed by atoms with Crippen LogP contribution in [0.4, 0.5) is 0 Å². The van der Waals surface area contributed by atoms with Gasteiger partial charge in [-0.1, -0.05) is 109 Å². The molecule has 0 bridgehead atoms. The smallest absolute Gasteiger partial charge is 0.0466 e. The van der Waals surface area contributed by atoms with E-state index in [4.69, 9.17) is 4.74 Å². The first-order valence-electron chi connectivity index (χ1n) is 15.2. The molecule has 0 spiro atoms. The number of unbranched alkanes of at least 4 members (excludes halogenated alkanes) is 2. The summed E-state index contributed by atoms with van der Waals surface area (Å²) in [7, 11) is 0. The summed E-state index contributed by atoms with van der Waals surface area (Å²) in [5.74, 6) is 0. The topological polar surface area (TPSA) is 9.23 Å². The average molecular weight is 531 g/mol. The second kappa shape index (κ2) is 10.3. The molecule has 0 aliphatic heterocycles. The van der Waals surface area contributed by atoms with E-state index in [1.54, 1.807) is 0 Å². The summed E-state index contributed by atoms with van der Waals surface area (Å²) < 4.78 is 6.07. The van der Waals surface area contributed by atoms with Crippen LogP contribution >= 0.6 is 0 Å². The molecule has 1 heteroatoms. The maximum absolute atomic E-state index is 6.07. The Kier molecular flexibility index (Phi) is 6.19. The zero-order valence-electron chi connectivity index (χ0n) is 23.5. The van der Waals surface area contributed by atoms with Crippen molar-refractivity contribution in [2.24, 2.45) is 0 Å². The molecule has 0 N–H and O–H groups in total. The second-order valence-corrected chi connectivity index (χ2v) is 11.7. The highest BCUT2D eigenvalue weighted by atomic mass is 16.5. The molecule has 0 aliphatic carbocycles. The standard InChI is InChI=1S/C40H34O/c1(7-27-13-15-33-19-17-29-9-5-11-31-21-23-35(27)39(33)37(29)31)3-25-41-26-4-2-8-28-14-16-34-20-18-30-10-6-12-32-22-24-36(28)40(34)38(30)32/h5-6,9-24H,1-4,7-8,25-26H2. The van der Waals surface area contributed by atoms with Gasteiger partial charge in [0.25, 0.3) is 0 Å². The molecule has 0 saturated carbocycles. The molecule has 41 heavy (non-hydrogen) atoms. The van der Waals surface area contributed by atoms with E-state index in [9.17, 15) is 0 Å². The zero-order chi connectivity index (χ0) is 27.2. The minimum Gasteiger partial charge on any atom is -0.381 e. The molecule has 0 heterocycles. The summed E-state index contributed by atoms with van der Waals surface area (Å²) in [5, 5.41) is 16.6. The van der Waals surface area contributed by atoms with Crippen LogP contribution in [0.3, 0.4) is 0 Å². The average Bonchev–Trinajstić information content (AvgIpc) is 3.02. The number of aryl methyl sites for hydroxylation is 2. The highest BCUT2D eigenvalue weighted by molar-refractivity contribution is 6.24. The van der Waals surface area contributed by atoms with E-state index in [0.717, 1.165) is 51.7 Å². The molecular weight excluding hydrogens is 496 g/mol. The van der Waals surface area contributed by atoms with Crippen molar-refractivity contribution in [1.29, 1.82) is 0 Å². The normalized spacial score (nSPS) is 12.3. The molecule has 0 unspecified atom stereocenters. The minimum atomic E-state index is 0.852. The van der Waals surface area contributed by atoms with Crippen LogP contribution in [0.1, 0.15) is 36.8 Å². The van der Waals surface area contributed by atoms with Crippen LogP contribution < -0.4 is 0 Å². The highest BCUT2D eigenvalue weighted by Crippen LogP contribution is 2.37. The maximum atomic E-state index is 6.07. The minimum absolute atomic E-state index is 0.852. The van der Waals surface area contributed by atoms with Gasteiger partial charge in [-0.05, 0) is 114 Å². The van der Waals surface area contributed by atoms with Crippen molar-refractivity contribution in [2.45, 2.75) is 38.5 Å². The Labute approximate surface area is 241 Å². The van der Waals surface area contributed by atoms with Crippen molar-refractivity contribution < 1.29 is 4.74 Å². The van der Waals surface area contributed by atoms with Gasteiger partial charge >= 0.3 is 0 Å². The summed E-state index contributed by atoms with van der Waals surface area (Å²) in [6.07, 6.45) is 6.74. The van der Waals surface area contributed by atoms with Crippen LogP contribution in [-0.2, 0) is 17.6 Å². The Bertz CT molecular complexity index is 1950. The third kappa shape index (κ3) is 4.28. The van der Waals surface area contributed by atoms with Crippen LogP contribution in [0, 0.1) is 0 Å². The quantitative estimate of drug-likeness (QED) is 0.126. The van der Waals surface area contributed by atoms with Gasteiger partial charge in [-0.2, -0.15) is 0 Å². The number of ether oxygens (including phenoxy) is 1. The van der Waals surface area contributed by atoms with E-state index >= 15 is 0 Å². The monoisotopic (exact) mass is 530 g/mol. The molecule has 8 aromatic rings. The highest BCUT2D eigenvalue weighted by Gasteiger charge is 2.12. The van der Waals surface area contributed by atoms with E-state index in [0.29, 0.717) is 0 Å². The third-order valence-corrected chi connectivity index (χ3v) is 9.21. The van der Waals surface area contributed by atoms with Crippen molar-refractivity contribution in [2.75, 3.05) is 13.2 Å². The lowest BCUT2D eigenvalue weighted by molar-refractivity contribution is 0.127. The van der Waals surface area contributed by atoms with Crippen LogP contribution in [0.25, 0.3) is 64.6 Å². The van der Waals surface area contributed by atoms with Crippen molar-refractivity contribution in [3.63, 3.8) is 0 Å². The molecule has 0 radical (unpaired) electrons.